The Balaban J connectivity index is 2.35. The van der Waals surface area contributed by atoms with E-state index in [4.69, 9.17) is 9.47 Å². The largest absolute Gasteiger partial charge is 0.497 e. The van der Waals surface area contributed by atoms with Gasteiger partial charge in [0.05, 0.1) is 20.3 Å². The Bertz CT molecular complexity index is 585. The number of hydrogen-bond acceptors (Lipinski definition) is 4. The number of halogens is 1. The molecule has 1 heterocycles. The third-order valence-corrected chi connectivity index (χ3v) is 4.21. The highest BCUT2D eigenvalue weighted by Gasteiger charge is 2.20. The molecule has 5 heteroatoms. The van der Waals surface area contributed by atoms with Crippen molar-refractivity contribution in [2.75, 3.05) is 20.8 Å². The van der Waals surface area contributed by atoms with E-state index in [9.17, 15) is 4.39 Å². The Morgan fingerprint density at radius 3 is 2.52 bits per heavy atom. The second-order valence-electron chi connectivity index (χ2n) is 4.66. The summed E-state index contributed by atoms with van der Waals surface area (Å²) in [6.45, 7) is 2.90. The number of methoxy groups -OCH3 is 2. The van der Waals surface area contributed by atoms with Crippen molar-refractivity contribution in [1.29, 1.82) is 0 Å². The van der Waals surface area contributed by atoms with Gasteiger partial charge in [0.2, 0.25) is 0 Å². The Hall–Kier alpha value is -1.59. The minimum absolute atomic E-state index is 0.176. The first-order valence-corrected chi connectivity index (χ1v) is 7.76. The number of hydrogen-bond donors (Lipinski definition) is 1. The molecule has 0 aliphatic rings. The van der Waals surface area contributed by atoms with Crippen LogP contribution in [0.4, 0.5) is 4.39 Å². The molecular weight excluding hydrogens is 289 g/mol. The van der Waals surface area contributed by atoms with Gasteiger partial charge in [0.1, 0.15) is 17.3 Å². The molecule has 1 atom stereocenters. The Morgan fingerprint density at radius 2 is 1.95 bits per heavy atom. The highest BCUT2D eigenvalue weighted by Crippen LogP contribution is 2.33. The minimum atomic E-state index is -0.268. The molecule has 0 saturated carbocycles. The molecule has 1 aromatic heterocycles. The van der Waals surface area contributed by atoms with E-state index in [1.165, 1.54) is 13.2 Å². The van der Waals surface area contributed by atoms with Crippen molar-refractivity contribution in [3.63, 3.8) is 0 Å². The highest BCUT2D eigenvalue weighted by molar-refractivity contribution is 7.10. The van der Waals surface area contributed by atoms with Gasteiger partial charge >= 0.3 is 0 Å². The van der Waals surface area contributed by atoms with Gasteiger partial charge < -0.3 is 14.8 Å². The molecule has 0 aliphatic heterocycles. The zero-order valence-corrected chi connectivity index (χ0v) is 13.3. The lowest BCUT2D eigenvalue weighted by Gasteiger charge is -2.18. The van der Waals surface area contributed by atoms with Crippen LogP contribution in [0, 0.1) is 5.82 Å². The number of ether oxygens (including phenoxy) is 2. The summed E-state index contributed by atoms with van der Waals surface area (Å²) >= 11 is 1.56. The number of nitrogens with one attached hydrogen (secondary N) is 1. The first-order chi connectivity index (χ1) is 10.2. The lowest BCUT2D eigenvalue weighted by molar-refractivity contribution is 0.409. The zero-order chi connectivity index (χ0) is 15.2. The summed E-state index contributed by atoms with van der Waals surface area (Å²) in [4.78, 5) is 1.03. The Morgan fingerprint density at radius 1 is 1.19 bits per heavy atom. The summed E-state index contributed by atoms with van der Waals surface area (Å²) < 4.78 is 24.6. The van der Waals surface area contributed by atoms with Crippen LogP contribution in [0.2, 0.25) is 0 Å². The van der Waals surface area contributed by atoms with Crippen molar-refractivity contribution < 1.29 is 13.9 Å². The second-order valence-corrected chi connectivity index (χ2v) is 5.61. The van der Waals surface area contributed by atoms with E-state index in [2.05, 4.69) is 12.2 Å². The third-order valence-electron chi connectivity index (χ3n) is 3.23. The molecule has 114 valence electrons. The molecule has 2 rings (SSSR count). The molecule has 1 aromatic carbocycles. The van der Waals surface area contributed by atoms with E-state index in [0.717, 1.165) is 23.6 Å². The van der Waals surface area contributed by atoms with Gasteiger partial charge in [-0.05, 0) is 25.1 Å². The van der Waals surface area contributed by atoms with Crippen LogP contribution >= 0.6 is 11.3 Å². The van der Waals surface area contributed by atoms with Crippen LogP contribution in [0.25, 0.3) is 0 Å². The van der Waals surface area contributed by atoms with Gasteiger partial charge in [0.15, 0.2) is 0 Å². The van der Waals surface area contributed by atoms with Crippen LogP contribution < -0.4 is 14.8 Å². The van der Waals surface area contributed by atoms with Gasteiger partial charge in [-0.3, -0.25) is 0 Å². The van der Waals surface area contributed by atoms with Crippen molar-refractivity contribution in [1.82, 2.24) is 5.32 Å². The fraction of sp³-hybridized carbons (Fsp3) is 0.375. The molecule has 0 bridgehead atoms. The van der Waals surface area contributed by atoms with Crippen molar-refractivity contribution >= 4 is 11.3 Å². The van der Waals surface area contributed by atoms with E-state index in [-0.39, 0.29) is 11.9 Å². The normalized spacial score (nSPS) is 12.2. The van der Waals surface area contributed by atoms with E-state index < -0.39 is 0 Å². The molecular formula is C16H20FNO2S. The summed E-state index contributed by atoms with van der Waals surface area (Å²) in [5.41, 5.74) is 0.619. The Kier molecular flexibility index (Phi) is 5.59. The molecule has 0 spiro atoms. The maximum Gasteiger partial charge on any atom is 0.132 e. The summed E-state index contributed by atoms with van der Waals surface area (Å²) in [6, 6.07) is 6.74. The summed E-state index contributed by atoms with van der Waals surface area (Å²) in [7, 11) is 3.17. The van der Waals surface area contributed by atoms with Crippen LogP contribution in [-0.2, 0) is 0 Å². The number of rotatable bonds is 7. The zero-order valence-electron chi connectivity index (χ0n) is 12.5. The molecule has 21 heavy (non-hydrogen) atoms. The maximum atomic E-state index is 14.3. The van der Waals surface area contributed by atoms with Crippen molar-refractivity contribution in [3.05, 3.63) is 45.9 Å². The molecule has 1 unspecified atom stereocenters. The first-order valence-electron chi connectivity index (χ1n) is 6.88. The van der Waals surface area contributed by atoms with E-state index >= 15 is 0 Å². The van der Waals surface area contributed by atoms with Crippen LogP contribution in [-0.4, -0.2) is 20.8 Å². The minimum Gasteiger partial charge on any atom is -0.497 e. The third kappa shape index (κ3) is 3.74. The topological polar surface area (TPSA) is 30.5 Å². The first kappa shape index (κ1) is 15.8. The predicted octanol–water partition coefficient (Wildman–Crippen LogP) is 3.99. The smallest absolute Gasteiger partial charge is 0.132 e. The molecule has 0 amide bonds. The molecule has 1 N–H and O–H groups in total. The van der Waals surface area contributed by atoms with Gasteiger partial charge in [-0.2, -0.15) is 0 Å². The van der Waals surface area contributed by atoms with Gasteiger partial charge in [-0.1, -0.05) is 13.0 Å². The predicted molar refractivity (Wildman–Crippen MR) is 84.0 cm³/mol. The fourth-order valence-corrected chi connectivity index (χ4v) is 3.06. The maximum absolute atomic E-state index is 14.3. The fourth-order valence-electron chi connectivity index (χ4n) is 2.11. The lowest BCUT2D eigenvalue weighted by atomic mass is 10.0. The standard InChI is InChI=1S/C16H20FNO2S/c1-4-7-18-16(15-9-12(20-3)10-21-15)13-6-5-11(19-2)8-14(13)17/h5-6,8-10,16,18H,4,7H2,1-3H3. The van der Waals surface area contributed by atoms with Gasteiger partial charge in [-0.15, -0.1) is 11.3 Å². The summed E-state index contributed by atoms with van der Waals surface area (Å²) in [5, 5.41) is 5.32. The second kappa shape index (κ2) is 7.43. The van der Waals surface area contributed by atoms with Crippen LogP contribution in [0.1, 0.15) is 29.8 Å². The van der Waals surface area contributed by atoms with Crippen LogP contribution in [0.15, 0.2) is 29.6 Å². The van der Waals surface area contributed by atoms with Crippen molar-refractivity contribution in [3.8, 4) is 11.5 Å². The van der Waals surface area contributed by atoms with Gasteiger partial charge in [0, 0.05) is 21.9 Å². The molecule has 0 aliphatic carbocycles. The average molecular weight is 309 g/mol. The molecule has 0 saturated heterocycles. The SMILES string of the molecule is CCCNC(c1cc(OC)cs1)c1ccc(OC)cc1F. The van der Waals surface area contributed by atoms with Crippen molar-refractivity contribution in [2.45, 2.75) is 19.4 Å². The number of benzene rings is 1. The van der Waals surface area contributed by atoms with E-state index in [0.29, 0.717) is 11.3 Å². The van der Waals surface area contributed by atoms with Gasteiger partial charge in [0.25, 0.3) is 0 Å². The average Bonchev–Trinajstić information content (AvgIpc) is 2.97. The molecule has 0 radical (unpaired) electrons. The van der Waals surface area contributed by atoms with Gasteiger partial charge in [-0.25, -0.2) is 4.39 Å². The summed E-state index contributed by atoms with van der Waals surface area (Å²) in [5.74, 6) is 1.05. The summed E-state index contributed by atoms with van der Waals surface area (Å²) in [6.07, 6.45) is 0.983. The monoisotopic (exact) mass is 309 g/mol. The van der Waals surface area contributed by atoms with Crippen LogP contribution in [0.3, 0.4) is 0 Å². The lowest BCUT2D eigenvalue weighted by Crippen LogP contribution is -2.23. The highest BCUT2D eigenvalue weighted by atomic mass is 32.1. The molecule has 3 nitrogen and oxygen atoms in total. The Labute approximate surface area is 128 Å². The molecule has 0 fully saturated rings. The van der Waals surface area contributed by atoms with Crippen molar-refractivity contribution in [2.24, 2.45) is 0 Å². The van der Waals surface area contributed by atoms with Crippen LogP contribution in [0.5, 0.6) is 11.5 Å². The van der Waals surface area contributed by atoms with E-state index in [1.807, 2.05) is 11.4 Å². The molecule has 2 aromatic rings. The quantitative estimate of drug-likeness (QED) is 0.839. The van der Waals surface area contributed by atoms with E-state index in [1.54, 1.807) is 30.6 Å². The number of thiophene rings is 1.